The first-order valence-corrected chi connectivity index (χ1v) is 8.65. The molecule has 0 spiro atoms. The molecule has 5 N–H and O–H groups in total. The van der Waals surface area contributed by atoms with Crippen LogP contribution in [0.4, 0.5) is 0 Å². The van der Waals surface area contributed by atoms with E-state index in [2.05, 4.69) is 5.32 Å². The van der Waals surface area contributed by atoms with Crippen LogP contribution in [0.25, 0.3) is 0 Å². The number of benzene rings is 1. The monoisotopic (exact) mass is 353 g/mol. The van der Waals surface area contributed by atoms with Gasteiger partial charge in [0.05, 0.1) is 32.5 Å². The van der Waals surface area contributed by atoms with Crippen molar-refractivity contribution < 1.29 is 19.0 Å². The van der Waals surface area contributed by atoms with Gasteiger partial charge in [-0.15, -0.1) is 0 Å². The third kappa shape index (κ3) is 9.40. The molecule has 0 saturated heterocycles. The summed E-state index contributed by atoms with van der Waals surface area (Å²) >= 11 is 0. The number of rotatable bonds is 13. The summed E-state index contributed by atoms with van der Waals surface area (Å²) in [5, 5.41) is 2.74. The van der Waals surface area contributed by atoms with E-state index in [1.165, 1.54) is 0 Å². The Kier molecular flexibility index (Phi) is 10.8. The van der Waals surface area contributed by atoms with E-state index in [4.69, 9.17) is 25.7 Å². The third-order valence-corrected chi connectivity index (χ3v) is 3.57. The van der Waals surface area contributed by atoms with Crippen LogP contribution in [0, 0.1) is 5.92 Å². The molecule has 0 fully saturated rings. The first-order valence-electron chi connectivity index (χ1n) is 8.65. The SMILES string of the molecule is CC(C)[C@H](N)C(=O)NCCOCCOCCOc1cccc(CN)c1. The van der Waals surface area contributed by atoms with Gasteiger partial charge in [-0.1, -0.05) is 26.0 Å². The largest absolute Gasteiger partial charge is 0.491 e. The van der Waals surface area contributed by atoms with Crippen molar-refractivity contribution >= 4 is 5.91 Å². The summed E-state index contributed by atoms with van der Waals surface area (Å²) in [6, 6.07) is 7.21. The highest BCUT2D eigenvalue weighted by Crippen LogP contribution is 2.12. The Labute approximate surface area is 150 Å². The fourth-order valence-corrected chi connectivity index (χ4v) is 1.97. The molecule has 0 bridgehead atoms. The van der Waals surface area contributed by atoms with Crippen LogP contribution in [0.15, 0.2) is 24.3 Å². The van der Waals surface area contributed by atoms with E-state index in [0.717, 1.165) is 11.3 Å². The maximum absolute atomic E-state index is 11.6. The van der Waals surface area contributed by atoms with Crippen molar-refractivity contribution in [3.05, 3.63) is 29.8 Å². The van der Waals surface area contributed by atoms with Gasteiger partial charge in [0.15, 0.2) is 0 Å². The number of nitrogens with two attached hydrogens (primary N) is 2. The van der Waals surface area contributed by atoms with Gasteiger partial charge in [0, 0.05) is 13.1 Å². The molecule has 7 heteroatoms. The van der Waals surface area contributed by atoms with Gasteiger partial charge >= 0.3 is 0 Å². The lowest BCUT2D eigenvalue weighted by atomic mass is 10.1. The molecule has 142 valence electrons. The van der Waals surface area contributed by atoms with Crippen molar-refractivity contribution in [2.45, 2.75) is 26.4 Å². The minimum atomic E-state index is -0.478. The number of hydrogen-bond donors (Lipinski definition) is 3. The van der Waals surface area contributed by atoms with E-state index in [-0.39, 0.29) is 11.8 Å². The maximum Gasteiger partial charge on any atom is 0.237 e. The molecule has 7 nitrogen and oxygen atoms in total. The number of amides is 1. The predicted octanol–water partition coefficient (Wildman–Crippen LogP) is 0.657. The number of carbonyl (C=O) groups is 1. The van der Waals surface area contributed by atoms with Crippen LogP contribution in [0.2, 0.25) is 0 Å². The average molecular weight is 353 g/mol. The van der Waals surface area contributed by atoms with Gasteiger partial charge in [0.1, 0.15) is 12.4 Å². The molecule has 0 aromatic heterocycles. The molecule has 0 aliphatic heterocycles. The van der Waals surface area contributed by atoms with E-state index < -0.39 is 6.04 Å². The topological polar surface area (TPSA) is 109 Å². The highest BCUT2D eigenvalue weighted by Gasteiger charge is 2.15. The van der Waals surface area contributed by atoms with E-state index in [1.807, 2.05) is 38.1 Å². The molecule has 0 unspecified atom stereocenters. The molecule has 1 rings (SSSR count). The Morgan fingerprint density at radius 3 is 2.48 bits per heavy atom. The van der Waals surface area contributed by atoms with Crippen molar-refractivity contribution in [2.24, 2.45) is 17.4 Å². The van der Waals surface area contributed by atoms with Crippen molar-refractivity contribution in [3.8, 4) is 5.75 Å². The number of carbonyl (C=O) groups excluding carboxylic acids is 1. The highest BCUT2D eigenvalue weighted by atomic mass is 16.5. The lowest BCUT2D eigenvalue weighted by Crippen LogP contribution is -2.44. The Balaban J connectivity index is 1.94. The summed E-state index contributed by atoms with van der Waals surface area (Å²) in [6.07, 6.45) is 0. The predicted molar refractivity (Wildman–Crippen MR) is 97.3 cm³/mol. The van der Waals surface area contributed by atoms with Crippen LogP contribution in [-0.4, -0.2) is 51.5 Å². The molecular weight excluding hydrogens is 322 g/mol. The zero-order valence-electron chi connectivity index (χ0n) is 15.2. The van der Waals surface area contributed by atoms with Crippen molar-refractivity contribution in [2.75, 3.05) is 39.6 Å². The molecule has 0 saturated carbocycles. The lowest BCUT2D eigenvalue weighted by Gasteiger charge is -2.15. The zero-order valence-corrected chi connectivity index (χ0v) is 15.2. The molecule has 1 amide bonds. The fraction of sp³-hybridized carbons (Fsp3) is 0.611. The fourth-order valence-electron chi connectivity index (χ4n) is 1.97. The van der Waals surface area contributed by atoms with E-state index in [1.54, 1.807) is 0 Å². The molecule has 1 atom stereocenters. The Morgan fingerprint density at radius 2 is 1.80 bits per heavy atom. The molecule has 0 heterocycles. The first kappa shape index (κ1) is 21.4. The van der Waals surface area contributed by atoms with Crippen LogP contribution >= 0.6 is 0 Å². The summed E-state index contributed by atoms with van der Waals surface area (Å²) in [7, 11) is 0. The normalized spacial score (nSPS) is 12.2. The number of hydrogen-bond acceptors (Lipinski definition) is 6. The van der Waals surface area contributed by atoms with Gasteiger partial charge in [-0.25, -0.2) is 0 Å². The summed E-state index contributed by atoms with van der Waals surface area (Å²) < 4.78 is 16.4. The van der Waals surface area contributed by atoms with Gasteiger partial charge in [-0.05, 0) is 23.6 Å². The Morgan fingerprint density at radius 1 is 1.12 bits per heavy atom. The minimum absolute atomic E-state index is 0.120. The second-order valence-corrected chi connectivity index (χ2v) is 5.99. The van der Waals surface area contributed by atoms with Crippen LogP contribution in [0.3, 0.4) is 0 Å². The first-order chi connectivity index (χ1) is 12.0. The van der Waals surface area contributed by atoms with Crippen LogP contribution in [0.5, 0.6) is 5.75 Å². The quantitative estimate of drug-likeness (QED) is 0.450. The molecule has 25 heavy (non-hydrogen) atoms. The van der Waals surface area contributed by atoms with E-state index >= 15 is 0 Å². The second-order valence-electron chi connectivity index (χ2n) is 5.99. The zero-order chi connectivity index (χ0) is 18.5. The van der Waals surface area contributed by atoms with Crippen molar-refractivity contribution in [1.82, 2.24) is 5.32 Å². The molecule has 0 aliphatic carbocycles. The van der Waals surface area contributed by atoms with Gasteiger partial charge < -0.3 is 31.0 Å². The summed E-state index contributed by atoms with van der Waals surface area (Å²) in [5.41, 5.74) is 12.4. The third-order valence-electron chi connectivity index (χ3n) is 3.57. The molecular formula is C18H31N3O4. The number of ether oxygens (including phenoxy) is 3. The van der Waals surface area contributed by atoms with Gasteiger partial charge in [0.25, 0.3) is 0 Å². The molecule has 0 radical (unpaired) electrons. The summed E-state index contributed by atoms with van der Waals surface area (Å²) in [4.78, 5) is 11.6. The van der Waals surface area contributed by atoms with E-state index in [0.29, 0.717) is 46.1 Å². The lowest BCUT2D eigenvalue weighted by molar-refractivity contribution is -0.123. The van der Waals surface area contributed by atoms with Crippen LogP contribution in [0.1, 0.15) is 19.4 Å². The maximum atomic E-state index is 11.6. The van der Waals surface area contributed by atoms with Crippen molar-refractivity contribution in [3.63, 3.8) is 0 Å². The van der Waals surface area contributed by atoms with Crippen LogP contribution < -0.4 is 21.5 Å². The van der Waals surface area contributed by atoms with Crippen LogP contribution in [-0.2, 0) is 20.8 Å². The van der Waals surface area contributed by atoms with Crippen molar-refractivity contribution in [1.29, 1.82) is 0 Å². The Bertz CT molecular complexity index is 497. The molecule has 0 aliphatic rings. The average Bonchev–Trinajstić information content (AvgIpc) is 2.62. The van der Waals surface area contributed by atoms with Gasteiger partial charge in [0.2, 0.25) is 5.91 Å². The second kappa shape index (κ2) is 12.7. The molecule has 1 aromatic carbocycles. The summed E-state index contributed by atoms with van der Waals surface area (Å²) in [6.45, 7) is 7.10. The van der Waals surface area contributed by atoms with E-state index in [9.17, 15) is 4.79 Å². The van der Waals surface area contributed by atoms with Gasteiger partial charge in [-0.3, -0.25) is 4.79 Å². The highest BCUT2D eigenvalue weighted by molar-refractivity contribution is 5.81. The number of nitrogens with one attached hydrogen (secondary N) is 1. The smallest absolute Gasteiger partial charge is 0.237 e. The standard InChI is InChI=1S/C18H31N3O4/c1-14(2)17(20)18(22)21-6-7-23-8-9-24-10-11-25-16-5-3-4-15(12-16)13-19/h3-5,12,14,17H,6-11,13,19-20H2,1-2H3,(H,21,22)/t17-/m0/s1. The van der Waals surface area contributed by atoms with Gasteiger partial charge in [-0.2, -0.15) is 0 Å². The summed E-state index contributed by atoms with van der Waals surface area (Å²) in [5.74, 6) is 0.762. The minimum Gasteiger partial charge on any atom is -0.491 e. The Hall–Kier alpha value is -1.67. The molecule has 1 aromatic rings.